The minimum Gasteiger partial charge on any atom is -0.312 e. The van der Waals surface area contributed by atoms with Gasteiger partial charge in [0, 0.05) is 19.1 Å². The van der Waals surface area contributed by atoms with Crippen LogP contribution in [-0.4, -0.2) is 55.2 Å². The first-order valence-electron chi connectivity index (χ1n) is 9.43. The number of rotatable bonds is 4. The first-order chi connectivity index (χ1) is 14.3. The molecule has 0 unspecified atom stereocenters. The van der Waals surface area contributed by atoms with Crippen LogP contribution in [0.2, 0.25) is 0 Å². The summed E-state index contributed by atoms with van der Waals surface area (Å²) in [6.07, 6.45) is 0.579. The molecule has 30 heavy (non-hydrogen) atoms. The SMILES string of the molecule is O=C1CN(C2CCN(S(=O)(=O)c3cc(F)ccc3F)CC2)C(=O)N1c1ccccc1. The fourth-order valence-electron chi connectivity index (χ4n) is 3.84. The minimum absolute atomic E-state index is 0.0340. The monoisotopic (exact) mass is 435 g/mol. The molecule has 10 heteroatoms. The van der Waals surface area contributed by atoms with Crippen molar-refractivity contribution in [2.45, 2.75) is 23.8 Å². The standard InChI is InChI=1S/C20H19F2N3O4S/c21-14-6-7-17(22)18(12-14)30(28,29)23-10-8-15(9-11-23)24-13-19(26)25(20(24)27)16-4-2-1-3-5-16/h1-7,12,15H,8-11,13H2. The highest BCUT2D eigenvalue weighted by atomic mass is 32.2. The summed E-state index contributed by atoms with van der Waals surface area (Å²) in [4.78, 5) is 27.1. The molecule has 2 aromatic rings. The number of carbonyl (C=O) groups is 2. The van der Waals surface area contributed by atoms with Gasteiger partial charge in [0.25, 0.3) is 5.91 Å². The summed E-state index contributed by atoms with van der Waals surface area (Å²) in [6.45, 7) is -0.0117. The van der Waals surface area contributed by atoms with E-state index in [1.54, 1.807) is 30.3 Å². The van der Waals surface area contributed by atoms with Crippen LogP contribution in [0, 0.1) is 11.6 Å². The summed E-state index contributed by atoms with van der Waals surface area (Å²) >= 11 is 0. The molecule has 0 N–H and O–H groups in total. The highest BCUT2D eigenvalue weighted by Crippen LogP contribution is 2.29. The van der Waals surface area contributed by atoms with Gasteiger partial charge in [-0.15, -0.1) is 0 Å². The fraction of sp³-hybridized carbons (Fsp3) is 0.300. The molecule has 0 bridgehead atoms. The van der Waals surface area contributed by atoms with E-state index < -0.39 is 32.6 Å². The maximum Gasteiger partial charge on any atom is 0.332 e. The van der Waals surface area contributed by atoms with Crippen molar-refractivity contribution >= 4 is 27.6 Å². The van der Waals surface area contributed by atoms with Crippen molar-refractivity contribution in [3.8, 4) is 0 Å². The molecule has 0 atom stereocenters. The van der Waals surface area contributed by atoms with Crippen LogP contribution in [0.4, 0.5) is 19.3 Å². The molecule has 2 aliphatic rings. The Bertz CT molecular complexity index is 1090. The summed E-state index contributed by atoms with van der Waals surface area (Å²) in [5, 5.41) is 0. The van der Waals surface area contributed by atoms with E-state index in [1.807, 2.05) is 0 Å². The van der Waals surface area contributed by atoms with Crippen LogP contribution in [-0.2, 0) is 14.8 Å². The van der Waals surface area contributed by atoms with Crippen LogP contribution in [0.3, 0.4) is 0 Å². The van der Waals surface area contributed by atoms with E-state index in [2.05, 4.69) is 0 Å². The number of hydrogen-bond acceptors (Lipinski definition) is 4. The number of para-hydroxylation sites is 1. The van der Waals surface area contributed by atoms with Gasteiger partial charge in [-0.1, -0.05) is 18.2 Å². The summed E-state index contributed by atoms with van der Waals surface area (Å²) in [5.74, 6) is -2.20. The van der Waals surface area contributed by atoms with Crippen molar-refractivity contribution in [1.82, 2.24) is 9.21 Å². The Morgan fingerprint density at radius 3 is 2.27 bits per heavy atom. The molecule has 0 aromatic heterocycles. The van der Waals surface area contributed by atoms with Crippen LogP contribution >= 0.6 is 0 Å². The van der Waals surface area contributed by atoms with Crippen LogP contribution in [0.15, 0.2) is 53.4 Å². The summed E-state index contributed by atoms with van der Waals surface area (Å²) < 4.78 is 53.9. The normalized spacial score (nSPS) is 19.0. The molecule has 2 saturated heterocycles. The van der Waals surface area contributed by atoms with Gasteiger partial charge >= 0.3 is 6.03 Å². The molecule has 4 rings (SSSR count). The lowest BCUT2D eigenvalue weighted by molar-refractivity contribution is -0.116. The van der Waals surface area contributed by atoms with Gasteiger partial charge in [0.1, 0.15) is 23.1 Å². The van der Waals surface area contributed by atoms with Gasteiger partial charge in [-0.25, -0.2) is 26.9 Å². The molecule has 2 aliphatic heterocycles. The first-order valence-corrected chi connectivity index (χ1v) is 10.9. The Hall–Kier alpha value is -2.85. The molecule has 0 spiro atoms. The van der Waals surface area contributed by atoms with Crippen molar-refractivity contribution in [3.05, 3.63) is 60.2 Å². The molecule has 0 saturated carbocycles. The van der Waals surface area contributed by atoms with E-state index in [9.17, 15) is 26.8 Å². The minimum atomic E-state index is -4.20. The smallest absolute Gasteiger partial charge is 0.312 e. The van der Waals surface area contributed by atoms with Gasteiger partial charge < -0.3 is 4.90 Å². The largest absolute Gasteiger partial charge is 0.332 e. The number of anilines is 1. The number of nitrogens with zero attached hydrogens (tertiary/aromatic N) is 3. The van der Waals surface area contributed by atoms with Gasteiger partial charge in [0.2, 0.25) is 10.0 Å². The number of carbonyl (C=O) groups excluding carboxylic acids is 2. The number of benzene rings is 2. The number of amides is 3. The molecule has 2 fully saturated rings. The van der Waals surface area contributed by atoms with Gasteiger partial charge in [-0.3, -0.25) is 4.79 Å². The lowest BCUT2D eigenvalue weighted by Gasteiger charge is -2.35. The lowest BCUT2D eigenvalue weighted by atomic mass is 10.1. The van der Waals surface area contributed by atoms with Crippen molar-refractivity contribution < 1.29 is 26.8 Å². The average molecular weight is 435 g/mol. The molecule has 2 aromatic carbocycles. The van der Waals surface area contributed by atoms with Crippen LogP contribution in [0.25, 0.3) is 0 Å². The lowest BCUT2D eigenvalue weighted by Crippen LogP contribution is -2.48. The van der Waals surface area contributed by atoms with Crippen molar-refractivity contribution in [2.24, 2.45) is 0 Å². The van der Waals surface area contributed by atoms with Gasteiger partial charge in [-0.05, 0) is 43.2 Å². The van der Waals surface area contributed by atoms with Crippen LogP contribution < -0.4 is 4.90 Å². The van der Waals surface area contributed by atoms with E-state index in [-0.39, 0.29) is 44.4 Å². The molecule has 0 aliphatic carbocycles. The highest BCUT2D eigenvalue weighted by molar-refractivity contribution is 7.89. The topological polar surface area (TPSA) is 78.0 Å². The average Bonchev–Trinajstić information content (AvgIpc) is 3.04. The zero-order valence-corrected chi connectivity index (χ0v) is 16.7. The number of imide groups is 1. The number of hydrogen-bond donors (Lipinski definition) is 0. The molecular formula is C20H19F2N3O4S. The summed E-state index contributed by atoms with van der Waals surface area (Å²) in [5.41, 5.74) is 0.483. The van der Waals surface area contributed by atoms with Crippen LogP contribution in [0.1, 0.15) is 12.8 Å². The second-order valence-electron chi connectivity index (χ2n) is 7.19. The van der Waals surface area contributed by atoms with Gasteiger partial charge in [0.05, 0.1) is 5.69 Å². The number of sulfonamides is 1. The summed E-state index contributed by atoms with van der Waals surface area (Å²) in [6, 6.07) is 10.1. The zero-order valence-electron chi connectivity index (χ0n) is 15.9. The van der Waals surface area contributed by atoms with E-state index in [4.69, 9.17) is 0 Å². The molecule has 2 heterocycles. The predicted octanol–water partition coefficient (Wildman–Crippen LogP) is 2.59. The molecule has 158 valence electrons. The highest BCUT2D eigenvalue weighted by Gasteiger charge is 2.42. The second kappa shape index (κ2) is 7.77. The quantitative estimate of drug-likeness (QED) is 0.692. The predicted molar refractivity (Wildman–Crippen MR) is 104 cm³/mol. The fourth-order valence-corrected chi connectivity index (χ4v) is 5.39. The Kier molecular flexibility index (Phi) is 5.29. The second-order valence-corrected chi connectivity index (χ2v) is 9.09. The first kappa shape index (κ1) is 20.4. The third-order valence-corrected chi connectivity index (χ3v) is 7.30. The Labute approximate surface area is 172 Å². The van der Waals surface area contributed by atoms with E-state index in [1.165, 1.54) is 4.90 Å². The van der Waals surface area contributed by atoms with Crippen molar-refractivity contribution in [2.75, 3.05) is 24.5 Å². The maximum absolute atomic E-state index is 14.0. The zero-order chi connectivity index (χ0) is 21.5. The third-order valence-electron chi connectivity index (χ3n) is 5.38. The van der Waals surface area contributed by atoms with Crippen molar-refractivity contribution in [1.29, 1.82) is 0 Å². The third kappa shape index (κ3) is 3.56. The number of piperidine rings is 1. The molecule has 3 amide bonds. The van der Waals surface area contributed by atoms with E-state index in [0.29, 0.717) is 11.8 Å². The molecule has 0 radical (unpaired) electrons. The van der Waals surface area contributed by atoms with E-state index in [0.717, 1.165) is 21.3 Å². The number of halogens is 2. The number of urea groups is 1. The molecule has 7 nitrogen and oxygen atoms in total. The summed E-state index contributed by atoms with van der Waals surface area (Å²) in [7, 11) is -4.20. The van der Waals surface area contributed by atoms with Crippen LogP contribution in [0.5, 0.6) is 0 Å². The Morgan fingerprint density at radius 2 is 1.60 bits per heavy atom. The van der Waals surface area contributed by atoms with Crippen molar-refractivity contribution in [3.63, 3.8) is 0 Å². The Balaban J connectivity index is 1.47. The van der Waals surface area contributed by atoms with Gasteiger partial charge in [-0.2, -0.15) is 4.31 Å². The maximum atomic E-state index is 14.0. The molecular weight excluding hydrogens is 416 g/mol. The Morgan fingerprint density at radius 1 is 0.933 bits per heavy atom. The van der Waals surface area contributed by atoms with E-state index >= 15 is 0 Å². The van der Waals surface area contributed by atoms with Gasteiger partial charge in [0.15, 0.2) is 0 Å².